The number of carbonyl (C=O) groups is 2. The van der Waals surface area contributed by atoms with Crippen molar-refractivity contribution >= 4 is 11.9 Å². The third-order valence-electron chi connectivity index (χ3n) is 3.40. The summed E-state index contributed by atoms with van der Waals surface area (Å²) in [5, 5.41) is 0. The van der Waals surface area contributed by atoms with E-state index < -0.39 is 0 Å². The van der Waals surface area contributed by atoms with Crippen molar-refractivity contribution in [3.63, 3.8) is 0 Å². The summed E-state index contributed by atoms with van der Waals surface area (Å²) >= 11 is 0. The minimum absolute atomic E-state index is 0.197. The maximum Gasteiger partial charge on any atom is 0.338 e. The summed E-state index contributed by atoms with van der Waals surface area (Å²) in [6.07, 6.45) is 7.02. The lowest BCUT2D eigenvalue weighted by Gasteiger charge is -2.01. The van der Waals surface area contributed by atoms with Gasteiger partial charge < -0.3 is 14.2 Å². The van der Waals surface area contributed by atoms with E-state index >= 15 is 0 Å². The molecule has 0 aliphatic rings. The summed E-state index contributed by atoms with van der Waals surface area (Å²) in [5.74, 6) is -0.705. The number of carbonyl (C=O) groups excluding carboxylic acids is 2. The van der Waals surface area contributed by atoms with Gasteiger partial charge in [-0.15, -0.1) is 0 Å². The van der Waals surface area contributed by atoms with Gasteiger partial charge in [-0.25, -0.2) is 9.59 Å². The summed E-state index contributed by atoms with van der Waals surface area (Å²) in [6, 6.07) is 17.7. The van der Waals surface area contributed by atoms with E-state index in [2.05, 4.69) is 0 Å². The molecule has 0 saturated heterocycles. The van der Waals surface area contributed by atoms with Gasteiger partial charge in [0, 0.05) is 0 Å². The van der Waals surface area contributed by atoms with Crippen LogP contribution in [-0.2, 0) is 14.2 Å². The molecule has 140 valence electrons. The average molecular weight is 366 g/mol. The van der Waals surface area contributed by atoms with E-state index in [0.29, 0.717) is 24.3 Å². The molecule has 0 spiro atoms. The molecule has 5 heteroatoms. The molecular formula is C22H22O5. The lowest BCUT2D eigenvalue weighted by Crippen LogP contribution is -2.05. The molecule has 0 aliphatic carbocycles. The SMILES string of the molecule is O=C(OC/C=C\COC/C=C\COC(=O)c1ccccc1)c1ccccc1. The predicted octanol–water partition coefficient (Wildman–Crippen LogP) is 3.83. The first-order valence-corrected chi connectivity index (χ1v) is 8.59. The Balaban J connectivity index is 1.49. The van der Waals surface area contributed by atoms with Crippen LogP contribution in [0.15, 0.2) is 85.0 Å². The fourth-order valence-corrected chi connectivity index (χ4v) is 2.04. The largest absolute Gasteiger partial charge is 0.458 e. The summed E-state index contributed by atoms with van der Waals surface area (Å²) in [6.45, 7) is 1.19. The number of esters is 2. The number of hydrogen-bond acceptors (Lipinski definition) is 5. The first-order chi connectivity index (χ1) is 13.3. The van der Waals surface area contributed by atoms with Crippen molar-refractivity contribution in [1.29, 1.82) is 0 Å². The van der Waals surface area contributed by atoms with E-state index in [-0.39, 0.29) is 25.2 Å². The lowest BCUT2D eigenvalue weighted by atomic mass is 10.2. The Morgan fingerprint density at radius 1 is 0.593 bits per heavy atom. The number of ether oxygens (including phenoxy) is 3. The molecule has 0 atom stereocenters. The van der Waals surface area contributed by atoms with Crippen molar-refractivity contribution in [2.75, 3.05) is 26.4 Å². The van der Waals surface area contributed by atoms with Gasteiger partial charge in [0.25, 0.3) is 0 Å². The maximum atomic E-state index is 11.7. The molecular weight excluding hydrogens is 344 g/mol. The summed E-state index contributed by atoms with van der Waals surface area (Å²) in [7, 11) is 0. The van der Waals surface area contributed by atoms with Crippen LogP contribution in [0.5, 0.6) is 0 Å². The van der Waals surface area contributed by atoms with E-state index in [4.69, 9.17) is 14.2 Å². The van der Waals surface area contributed by atoms with E-state index in [0.717, 1.165) is 0 Å². The Morgan fingerprint density at radius 3 is 1.37 bits per heavy atom. The Labute approximate surface area is 158 Å². The molecule has 2 aromatic rings. The molecule has 0 heterocycles. The fourth-order valence-electron chi connectivity index (χ4n) is 2.04. The van der Waals surface area contributed by atoms with Crippen molar-refractivity contribution < 1.29 is 23.8 Å². The topological polar surface area (TPSA) is 61.8 Å². The molecule has 0 bridgehead atoms. The minimum Gasteiger partial charge on any atom is -0.458 e. The van der Waals surface area contributed by atoms with Crippen molar-refractivity contribution in [3.8, 4) is 0 Å². The van der Waals surface area contributed by atoms with Crippen LogP contribution >= 0.6 is 0 Å². The van der Waals surface area contributed by atoms with Gasteiger partial charge >= 0.3 is 11.9 Å². The van der Waals surface area contributed by atoms with Crippen molar-refractivity contribution in [3.05, 3.63) is 96.1 Å². The molecule has 0 aromatic heterocycles. The highest BCUT2D eigenvalue weighted by Crippen LogP contribution is 2.01. The van der Waals surface area contributed by atoms with Crippen LogP contribution in [0.4, 0.5) is 0 Å². The van der Waals surface area contributed by atoms with Gasteiger partial charge in [0.1, 0.15) is 13.2 Å². The van der Waals surface area contributed by atoms with Crippen molar-refractivity contribution in [2.24, 2.45) is 0 Å². The van der Waals surface area contributed by atoms with Crippen LogP contribution < -0.4 is 0 Å². The van der Waals surface area contributed by atoms with E-state index in [1.165, 1.54) is 0 Å². The smallest absolute Gasteiger partial charge is 0.338 e. The molecule has 2 aromatic carbocycles. The van der Waals surface area contributed by atoms with Crippen LogP contribution in [0.25, 0.3) is 0 Å². The zero-order valence-electron chi connectivity index (χ0n) is 15.0. The van der Waals surface area contributed by atoms with Gasteiger partial charge in [-0.3, -0.25) is 0 Å². The Morgan fingerprint density at radius 2 is 0.963 bits per heavy atom. The second-order valence-electron chi connectivity index (χ2n) is 5.41. The van der Waals surface area contributed by atoms with E-state index in [1.54, 1.807) is 72.8 Å². The molecule has 0 amide bonds. The lowest BCUT2D eigenvalue weighted by molar-refractivity contribution is 0.0540. The zero-order chi connectivity index (χ0) is 19.2. The first-order valence-electron chi connectivity index (χ1n) is 8.59. The molecule has 0 N–H and O–H groups in total. The highest BCUT2D eigenvalue weighted by atomic mass is 16.5. The molecule has 0 radical (unpaired) electrons. The second kappa shape index (κ2) is 12.2. The molecule has 0 unspecified atom stereocenters. The highest BCUT2D eigenvalue weighted by molar-refractivity contribution is 5.89. The van der Waals surface area contributed by atoms with Crippen LogP contribution in [0.3, 0.4) is 0 Å². The van der Waals surface area contributed by atoms with Gasteiger partial charge in [0.2, 0.25) is 0 Å². The molecule has 2 rings (SSSR count). The fraction of sp³-hybridized carbons (Fsp3) is 0.182. The summed E-state index contributed by atoms with van der Waals surface area (Å²) in [5.41, 5.74) is 1.06. The standard InChI is InChI=1S/C22H22O5/c23-21(19-11-3-1-4-12-19)26-17-9-7-15-25-16-8-10-18-27-22(24)20-13-5-2-6-14-20/h1-14H,15-18H2/b9-7-,10-8-. The van der Waals surface area contributed by atoms with Crippen LogP contribution in [0, 0.1) is 0 Å². The highest BCUT2D eigenvalue weighted by Gasteiger charge is 2.04. The number of benzene rings is 2. The van der Waals surface area contributed by atoms with E-state index in [1.807, 2.05) is 12.1 Å². The maximum absolute atomic E-state index is 11.7. The third kappa shape index (κ3) is 8.16. The van der Waals surface area contributed by atoms with Crippen LogP contribution in [0.2, 0.25) is 0 Å². The van der Waals surface area contributed by atoms with Gasteiger partial charge in [-0.1, -0.05) is 48.6 Å². The van der Waals surface area contributed by atoms with Crippen LogP contribution in [0.1, 0.15) is 20.7 Å². The van der Waals surface area contributed by atoms with Gasteiger partial charge in [-0.2, -0.15) is 0 Å². The molecule has 0 aliphatic heterocycles. The van der Waals surface area contributed by atoms with Crippen molar-refractivity contribution in [2.45, 2.75) is 0 Å². The Hall–Kier alpha value is -3.18. The summed E-state index contributed by atoms with van der Waals surface area (Å²) in [4.78, 5) is 23.4. The zero-order valence-corrected chi connectivity index (χ0v) is 15.0. The normalized spacial score (nSPS) is 11.0. The summed E-state index contributed by atoms with van der Waals surface area (Å²) < 4.78 is 15.6. The third-order valence-corrected chi connectivity index (χ3v) is 3.40. The first kappa shape index (κ1) is 20.1. The Kier molecular flexibility index (Phi) is 9.11. The monoisotopic (exact) mass is 366 g/mol. The van der Waals surface area contributed by atoms with Crippen molar-refractivity contribution in [1.82, 2.24) is 0 Å². The predicted molar refractivity (Wildman–Crippen MR) is 103 cm³/mol. The second-order valence-corrected chi connectivity index (χ2v) is 5.41. The molecule has 0 fully saturated rings. The Bertz CT molecular complexity index is 685. The molecule has 27 heavy (non-hydrogen) atoms. The van der Waals surface area contributed by atoms with Gasteiger partial charge in [0.15, 0.2) is 0 Å². The quantitative estimate of drug-likeness (QED) is 0.363. The van der Waals surface area contributed by atoms with Crippen LogP contribution in [-0.4, -0.2) is 38.4 Å². The minimum atomic E-state index is -0.353. The number of rotatable bonds is 10. The van der Waals surface area contributed by atoms with E-state index in [9.17, 15) is 9.59 Å². The molecule has 0 saturated carbocycles. The van der Waals surface area contributed by atoms with Gasteiger partial charge in [-0.05, 0) is 36.4 Å². The number of hydrogen-bond donors (Lipinski definition) is 0. The average Bonchev–Trinajstić information content (AvgIpc) is 2.73. The van der Waals surface area contributed by atoms with Gasteiger partial charge in [0.05, 0.1) is 24.3 Å². The molecule has 5 nitrogen and oxygen atoms in total.